The molecule has 0 heterocycles. The highest BCUT2D eigenvalue weighted by molar-refractivity contribution is 6.07. The van der Waals surface area contributed by atoms with Gasteiger partial charge < -0.3 is 9.47 Å². The summed E-state index contributed by atoms with van der Waals surface area (Å²) < 4.78 is 10.4. The number of rotatable bonds is 5. The van der Waals surface area contributed by atoms with Crippen LogP contribution in [0.4, 0.5) is 0 Å². The van der Waals surface area contributed by atoms with E-state index in [1.807, 2.05) is 49.4 Å². The quantitative estimate of drug-likeness (QED) is 0.616. The van der Waals surface area contributed by atoms with Gasteiger partial charge in [-0.3, -0.25) is 4.79 Å². The Morgan fingerprint density at radius 2 is 1.71 bits per heavy atom. The van der Waals surface area contributed by atoms with Gasteiger partial charge in [0.25, 0.3) is 0 Å². The molecule has 21 heavy (non-hydrogen) atoms. The monoisotopic (exact) mass is 282 g/mol. The summed E-state index contributed by atoms with van der Waals surface area (Å²) in [7, 11) is 3.18. The molecule has 0 aliphatic rings. The smallest absolute Gasteiger partial charge is 0.186 e. The molecule has 2 aromatic rings. The minimum absolute atomic E-state index is 0.0112. The summed E-state index contributed by atoms with van der Waals surface area (Å²) in [6.45, 7) is 1.93. The fraction of sp³-hybridized carbons (Fsp3) is 0.167. The van der Waals surface area contributed by atoms with Crippen LogP contribution in [0.25, 0.3) is 6.08 Å². The van der Waals surface area contributed by atoms with E-state index < -0.39 is 0 Å². The summed E-state index contributed by atoms with van der Waals surface area (Å²) in [4.78, 5) is 12.2. The molecule has 0 saturated heterocycles. The Kier molecular flexibility index (Phi) is 4.77. The highest BCUT2D eigenvalue weighted by Crippen LogP contribution is 2.28. The van der Waals surface area contributed by atoms with Gasteiger partial charge in [-0.15, -0.1) is 0 Å². The molecular weight excluding hydrogens is 264 g/mol. The summed E-state index contributed by atoms with van der Waals surface area (Å²) in [6, 6.07) is 13.1. The van der Waals surface area contributed by atoms with E-state index in [4.69, 9.17) is 9.47 Å². The zero-order valence-corrected chi connectivity index (χ0v) is 12.4. The predicted molar refractivity (Wildman–Crippen MR) is 84.1 cm³/mol. The zero-order chi connectivity index (χ0) is 15.2. The van der Waals surface area contributed by atoms with Crippen molar-refractivity contribution in [1.29, 1.82) is 0 Å². The molecule has 0 fully saturated rings. The van der Waals surface area contributed by atoms with Gasteiger partial charge in [0.1, 0.15) is 0 Å². The van der Waals surface area contributed by atoms with E-state index in [1.54, 1.807) is 26.4 Å². The van der Waals surface area contributed by atoms with E-state index in [9.17, 15) is 4.79 Å². The lowest BCUT2D eigenvalue weighted by Crippen LogP contribution is -1.97. The van der Waals surface area contributed by atoms with E-state index >= 15 is 0 Å². The SMILES string of the molecule is COc1ccc(/C=C/C(=O)c2ccccc2C)cc1OC. The molecule has 0 aliphatic carbocycles. The zero-order valence-electron chi connectivity index (χ0n) is 12.4. The Hall–Kier alpha value is -2.55. The lowest BCUT2D eigenvalue weighted by atomic mass is 10.0. The van der Waals surface area contributed by atoms with Crippen molar-refractivity contribution in [2.45, 2.75) is 6.92 Å². The van der Waals surface area contributed by atoms with Crippen molar-refractivity contribution in [3.05, 3.63) is 65.2 Å². The fourth-order valence-electron chi connectivity index (χ4n) is 2.07. The maximum atomic E-state index is 12.2. The van der Waals surface area contributed by atoms with Crippen LogP contribution in [-0.4, -0.2) is 20.0 Å². The molecule has 0 N–H and O–H groups in total. The van der Waals surface area contributed by atoms with Crippen molar-refractivity contribution in [2.24, 2.45) is 0 Å². The van der Waals surface area contributed by atoms with Gasteiger partial charge in [0, 0.05) is 5.56 Å². The first-order chi connectivity index (χ1) is 10.2. The van der Waals surface area contributed by atoms with Gasteiger partial charge in [-0.2, -0.15) is 0 Å². The molecule has 2 rings (SSSR count). The van der Waals surface area contributed by atoms with E-state index in [2.05, 4.69) is 0 Å². The molecule has 2 aromatic carbocycles. The van der Waals surface area contributed by atoms with Gasteiger partial charge in [-0.05, 0) is 36.3 Å². The maximum Gasteiger partial charge on any atom is 0.186 e. The first-order valence-electron chi connectivity index (χ1n) is 6.65. The van der Waals surface area contributed by atoms with Crippen LogP contribution in [-0.2, 0) is 0 Å². The maximum absolute atomic E-state index is 12.2. The summed E-state index contributed by atoms with van der Waals surface area (Å²) >= 11 is 0. The minimum Gasteiger partial charge on any atom is -0.493 e. The lowest BCUT2D eigenvalue weighted by molar-refractivity contribution is 0.104. The van der Waals surface area contributed by atoms with Gasteiger partial charge in [0.05, 0.1) is 14.2 Å². The number of hydrogen-bond acceptors (Lipinski definition) is 3. The second-order valence-corrected chi connectivity index (χ2v) is 4.63. The minimum atomic E-state index is -0.0112. The third kappa shape index (κ3) is 3.51. The normalized spacial score (nSPS) is 10.6. The molecule has 0 atom stereocenters. The van der Waals surface area contributed by atoms with Crippen molar-refractivity contribution in [3.8, 4) is 11.5 Å². The lowest BCUT2D eigenvalue weighted by Gasteiger charge is -2.07. The molecule has 0 aromatic heterocycles. The van der Waals surface area contributed by atoms with Crippen LogP contribution in [0, 0.1) is 6.92 Å². The van der Waals surface area contributed by atoms with Gasteiger partial charge in [-0.25, -0.2) is 0 Å². The number of ether oxygens (including phenoxy) is 2. The molecule has 108 valence electrons. The van der Waals surface area contributed by atoms with Crippen LogP contribution in [0.2, 0.25) is 0 Å². The molecule has 0 spiro atoms. The highest BCUT2D eigenvalue weighted by atomic mass is 16.5. The van der Waals surface area contributed by atoms with E-state index in [-0.39, 0.29) is 5.78 Å². The number of carbonyl (C=O) groups excluding carboxylic acids is 1. The molecule has 0 bridgehead atoms. The Morgan fingerprint density at radius 3 is 2.38 bits per heavy atom. The molecule has 0 aliphatic heterocycles. The highest BCUT2D eigenvalue weighted by Gasteiger charge is 2.05. The average molecular weight is 282 g/mol. The van der Waals surface area contributed by atoms with Crippen LogP contribution in [0.1, 0.15) is 21.5 Å². The largest absolute Gasteiger partial charge is 0.493 e. The molecule has 0 saturated carbocycles. The second kappa shape index (κ2) is 6.75. The number of aryl methyl sites for hydroxylation is 1. The number of allylic oxidation sites excluding steroid dienone is 1. The number of carbonyl (C=O) groups is 1. The molecule has 0 amide bonds. The van der Waals surface area contributed by atoms with E-state index in [0.717, 1.165) is 11.1 Å². The van der Waals surface area contributed by atoms with Crippen LogP contribution in [0.3, 0.4) is 0 Å². The molecule has 0 radical (unpaired) electrons. The molecule has 3 heteroatoms. The summed E-state index contributed by atoms with van der Waals surface area (Å²) in [5.41, 5.74) is 2.57. The first kappa shape index (κ1) is 14.9. The number of benzene rings is 2. The number of ketones is 1. The fourth-order valence-corrected chi connectivity index (χ4v) is 2.07. The molecule has 3 nitrogen and oxygen atoms in total. The standard InChI is InChI=1S/C18H18O3/c1-13-6-4-5-7-15(13)16(19)10-8-14-9-11-17(20-2)18(12-14)21-3/h4-12H,1-3H3/b10-8+. The van der Waals surface area contributed by atoms with Gasteiger partial charge in [0.15, 0.2) is 17.3 Å². The average Bonchev–Trinajstić information content (AvgIpc) is 2.52. The van der Waals surface area contributed by atoms with Crippen LogP contribution in [0.15, 0.2) is 48.5 Å². The molecular formula is C18H18O3. The van der Waals surface area contributed by atoms with Gasteiger partial charge in [0.2, 0.25) is 0 Å². The third-order valence-electron chi connectivity index (χ3n) is 3.25. The topological polar surface area (TPSA) is 35.5 Å². The first-order valence-corrected chi connectivity index (χ1v) is 6.65. The van der Waals surface area contributed by atoms with Crippen LogP contribution in [0.5, 0.6) is 11.5 Å². The summed E-state index contributed by atoms with van der Waals surface area (Å²) in [5.74, 6) is 1.30. The Morgan fingerprint density at radius 1 is 1.00 bits per heavy atom. The van der Waals surface area contributed by atoms with Crippen molar-refractivity contribution >= 4 is 11.9 Å². The number of hydrogen-bond donors (Lipinski definition) is 0. The van der Waals surface area contributed by atoms with Crippen LogP contribution < -0.4 is 9.47 Å². The van der Waals surface area contributed by atoms with Crippen LogP contribution >= 0.6 is 0 Å². The third-order valence-corrected chi connectivity index (χ3v) is 3.25. The van der Waals surface area contributed by atoms with Crippen molar-refractivity contribution in [2.75, 3.05) is 14.2 Å². The Labute approximate surface area is 124 Å². The van der Waals surface area contributed by atoms with E-state index in [0.29, 0.717) is 17.1 Å². The van der Waals surface area contributed by atoms with Gasteiger partial charge in [-0.1, -0.05) is 36.4 Å². The predicted octanol–water partition coefficient (Wildman–Crippen LogP) is 3.91. The van der Waals surface area contributed by atoms with Crippen molar-refractivity contribution in [3.63, 3.8) is 0 Å². The van der Waals surface area contributed by atoms with Crippen molar-refractivity contribution in [1.82, 2.24) is 0 Å². The van der Waals surface area contributed by atoms with Gasteiger partial charge >= 0.3 is 0 Å². The molecule has 0 unspecified atom stereocenters. The summed E-state index contributed by atoms with van der Waals surface area (Å²) in [6.07, 6.45) is 3.35. The van der Waals surface area contributed by atoms with Crippen molar-refractivity contribution < 1.29 is 14.3 Å². The Bertz CT molecular complexity index is 672. The number of methoxy groups -OCH3 is 2. The Balaban J connectivity index is 2.22. The summed E-state index contributed by atoms with van der Waals surface area (Å²) in [5, 5.41) is 0. The second-order valence-electron chi connectivity index (χ2n) is 4.63. The van der Waals surface area contributed by atoms with E-state index in [1.165, 1.54) is 0 Å².